The third-order valence-electron chi connectivity index (χ3n) is 7.33. The summed E-state index contributed by atoms with van der Waals surface area (Å²) in [6.45, 7) is 5.16. The van der Waals surface area contributed by atoms with E-state index in [-0.39, 0.29) is 5.69 Å². The van der Waals surface area contributed by atoms with Crippen LogP contribution in [0.5, 0.6) is 0 Å². The highest BCUT2D eigenvalue weighted by Crippen LogP contribution is 2.35. The molecule has 0 spiro atoms. The van der Waals surface area contributed by atoms with Gasteiger partial charge in [-0.2, -0.15) is 13.2 Å². The van der Waals surface area contributed by atoms with Gasteiger partial charge in [-0.3, -0.25) is 33.6 Å². The van der Waals surface area contributed by atoms with Crippen LogP contribution in [0.1, 0.15) is 48.5 Å². The Hall–Kier alpha value is -5.35. The molecule has 2 aliphatic rings. The number of ether oxygens (including phenoxy) is 11. The third kappa shape index (κ3) is 13.4. The fraction of sp³-hybridized carbons (Fsp3) is 0.588. The standard InChI is InChI=1S/C34H40F3NO18/c1-15(39)46-13-23-25(48-16(2)40)27(50-18(4)42)29(52-20(6)44)31(54-23)47-14-24-26(49-17(3)41)28(51-19(5)43)30(53-21(7)45)32(55-24)56-33(34(35,36)37)38-22-11-9-8-10-12-22/h8-12,23-32H,13-14H2,1-7H3/t23-,24-,25-,26-,27+,28+,29-,30-,31+,32?/m1/s1. The molecule has 19 nitrogen and oxygen atoms in total. The lowest BCUT2D eigenvalue weighted by Crippen LogP contribution is -2.65. The average molecular weight is 808 g/mol. The number of rotatable bonds is 13. The van der Waals surface area contributed by atoms with Crippen LogP contribution >= 0.6 is 0 Å². The van der Waals surface area contributed by atoms with Gasteiger partial charge in [0.1, 0.15) is 18.8 Å². The summed E-state index contributed by atoms with van der Waals surface area (Å²) >= 11 is 0. The summed E-state index contributed by atoms with van der Waals surface area (Å²) in [6.07, 6.45) is -23.5. The molecule has 10 atom stereocenters. The van der Waals surface area contributed by atoms with Crippen LogP contribution in [0.15, 0.2) is 35.3 Å². The Bertz CT molecular complexity index is 1620. The van der Waals surface area contributed by atoms with Gasteiger partial charge in [-0.15, -0.1) is 0 Å². The number of carbonyl (C=O) groups excluding carboxylic acids is 7. The van der Waals surface area contributed by atoms with Gasteiger partial charge in [-0.05, 0) is 12.1 Å². The van der Waals surface area contributed by atoms with Gasteiger partial charge in [0.25, 0.3) is 5.90 Å². The lowest BCUT2D eigenvalue weighted by atomic mass is 9.97. The Morgan fingerprint density at radius 1 is 0.536 bits per heavy atom. The first-order valence-corrected chi connectivity index (χ1v) is 16.6. The van der Waals surface area contributed by atoms with Gasteiger partial charge in [0, 0.05) is 48.5 Å². The Kier molecular flexibility index (Phi) is 16.1. The van der Waals surface area contributed by atoms with E-state index < -0.39 is 128 Å². The molecule has 3 rings (SSSR count). The quantitative estimate of drug-likeness (QED) is 0.120. The minimum Gasteiger partial charge on any atom is -0.463 e. The van der Waals surface area contributed by atoms with Gasteiger partial charge in [0.05, 0.1) is 12.3 Å². The van der Waals surface area contributed by atoms with E-state index in [4.69, 9.17) is 52.1 Å². The fourth-order valence-corrected chi connectivity index (χ4v) is 5.48. The molecular weight excluding hydrogens is 767 g/mol. The number of benzene rings is 1. The molecule has 1 aromatic rings. The van der Waals surface area contributed by atoms with E-state index in [0.717, 1.165) is 48.5 Å². The lowest BCUT2D eigenvalue weighted by molar-refractivity contribution is -0.329. The highest BCUT2D eigenvalue weighted by molar-refractivity contribution is 5.84. The number of nitrogens with zero attached hydrogens (tertiary/aromatic N) is 1. The van der Waals surface area contributed by atoms with Crippen LogP contribution in [0.25, 0.3) is 0 Å². The molecule has 2 saturated heterocycles. The molecule has 0 saturated carbocycles. The molecule has 0 radical (unpaired) electrons. The Morgan fingerprint density at radius 3 is 1.36 bits per heavy atom. The number of hydrogen-bond acceptors (Lipinski definition) is 19. The summed E-state index contributed by atoms with van der Waals surface area (Å²) in [7, 11) is 0. The molecule has 2 fully saturated rings. The summed E-state index contributed by atoms with van der Waals surface area (Å²) in [6, 6.07) is 6.76. The summed E-state index contributed by atoms with van der Waals surface area (Å²) in [5, 5.41) is 0. The van der Waals surface area contributed by atoms with Gasteiger partial charge < -0.3 is 52.1 Å². The molecule has 0 bridgehead atoms. The van der Waals surface area contributed by atoms with E-state index in [1.165, 1.54) is 30.3 Å². The van der Waals surface area contributed by atoms with Gasteiger partial charge in [0.15, 0.2) is 36.8 Å². The minimum atomic E-state index is -5.29. The van der Waals surface area contributed by atoms with E-state index >= 15 is 0 Å². The summed E-state index contributed by atoms with van der Waals surface area (Å²) in [5.41, 5.74) is -0.211. The maximum Gasteiger partial charge on any atom is 0.468 e. The molecule has 0 aliphatic carbocycles. The van der Waals surface area contributed by atoms with E-state index in [1.807, 2.05) is 0 Å². The number of para-hydroxylation sites is 1. The highest BCUT2D eigenvalue weighted by Gasteiger charge is 2.57. The number of esters is 7. The maximum atomic E-state index is 14.4. The third-order valence-corrected chi connectivity index (χ3v) is 7.33. The zero-order chi connectivity index (χ0) is 41.9. The van der Waals surface area contributed by atoms with Crippen molar-refractivity contribution in [2.45, 2.75) is 116 Å². The molecule has 310 valence electrons. The zero-order valence-electron chi connectivity index (χ0n) is 31.0. The van der Waals surface area contributed by atoms with Crippen molar-refractivity contribution in [3.8, 4) is 0 Å². The Balaban J connectivity index is 2.13. The predicted octanol–water partition coefficient (Wildman–Crippen LogP) is 1.92. The molecule has 2 aliphatic heterocycles. The molecule has 1 unspecified atom stereocenters. The van der Waals surface area contributed by atoms with Crippen molar-refractivity contribution >= 4 is 53.4 Å². The molecule has 2 heterocycles. The summed E-state index contributed by atoms with van der Waals surface area (Å²) in [4.78, 5) is 88.7. The second-order valence-corrected chi connectivity index (χ2v) is 12.0. The second-order valence-electron chi connectivity index (χ2n) is 12.0. The molecule has 0 aromatic heterocycles. The van der Waals surface area contributed by atoms with Crippen LogP contribution in [0.4, 0.5) is 18.9 Å². The molecule has 0 N–H and O–H groups in total. The van der Waals surface area contributed by atoms with Crippen LogP contribution in [0.3, 0.4) is 0 Å². The van der Waals surface area contributed by atoms with E-state index in [1.54, 1.807) is 0 Å². The van der Waals surface area contributed by atoms with E-state index in [9.17, 15) is 46.7 Å². The van der Waals surface area contributed by atoms with Crippen molar-refractivity contribution in [3.05, 3.63) is 30.3 Å². The van der Waals surface area contributed by atoms with E-state index in [2.05, 4.69) is 4.99 Å². The number of halogens is 3. The first kappa shape index (κ1) is 45.0. The highest BCUT2D eigenvalue weighted by atomic mass is 19.4. The Morgan fingerprint density at radius 2 is 0.929 bits per heavy atom. The fourth-order valence-electron chi connectivity index (χ4n) is 5.48. The number of hydrogen-bond donors (Lipinski definition) is 0. The van der Waals surface area contributed by atoms with Crippen molar-refractivity contribution in [3.63, 3.8) is 0 Å². The van der Waals surface area contributed by atoms with Crippen molar-refractivity contribution in [2.24, 2.45) is 4.99 Å². The van der Waals surface area contributed by atoms with Gasteiger partial charge >= 0.3 is 48.0 Å². The molecule has 56 heavy (non-hydrogen) atoms. The van der Waals surface area contributed by atoms with Crippen molar-refractivity contribution < 1.29 is 98.8 Å². The lowest BCUT2D eigenvalue weighted by Gasteiger charge is -2.46. The van der Waals surface area contributed by atoms with Gasteiger partial charge in [-0.25, -0.2) is 4.99 Å². The molecule has 1 aromatic carbocycles. The molecular formula is C34H40F3NO18. The van der Waals surface area contributed by atoms with Gasteiger partial charge in [-0.1, -0.05) is 18.2 Å². The number of aliphatic imine (C=N–C) groups is 1. The van der Waals surface area contributed by atoms with Crippen LogP contribution in [-0.4, -0.2) is 128 Å². The average Bonchev–Trinajstić information content (AvgIpc) is 3.06. The molecule has 22 heteroatoms. The predicted molar refractivity (Wildman–Crippen MR) is 174 cm³/mol. The van der Waals surface area contributed by atoms with Crippen LogP contribution in [0, 0.1) is 0 Å². The number of alkyl halides is 3. The maximum absolute atomic E-state index is 14.4. The van der Waals surface area contributed by atoms with Gasteiger partial charge in [0.2, 0.25) is 12.4 Å². The zero-order valence-corrected chi connectivity index (χ0v) is 31.0. The van der Waals surface area contributed by atoms with Crippen molar-refractivity contribution in [2.75, 3.05) is 13.2 Å². The minimum absolute atomic E-state index is 0.211. The topological polar surface area (TPSA) is 233 Å². The van der Waals surface area contributed by atoms with E-state index in [0.29, 0.717) is 0 Å². The summed E-state index contributed by atoms with van der Waals surface area (Å²) < 4.78 is 103. The monoisotopic (exact) mass is 807 g/mol. The molecule has 0 amide bonds. The second kappa shape index (κ2) is 20.0. The normalized spacial score (nSPS) is 27.8. The first-order chi connectivity index (χ1) is 26.2. The number of carbonyl (C=O) groups is 7. The van der Waals surface area contributed by atoms with Crippen LogP contribution in [-0.2, 0) is 85.7 Å². The van der Waals surface area contributed by atoms with Crippen molar-refractivity contribution in [1.82, 2.24) is 0 Å². The van der Waals surface area contributed by atoms with Crippen LogP contribution < -0.4 is 0 Å². The first-order valence-electron chi connectivity index (χ1n) is 16.6. The van der Waals surface area contributed by atoms with Crippen molar-refractivity contribution in [1.29, 1.82) is 0 Å². The largest absolute Gasteiger partial charge is 0.468 e. The summed E-state index contributed by atoms with van der Waals surface area (Å²) in [5.74, 6) is -8.76. The Labute approximate surface area is 316 Å². The SMILES string of the molecule is CC(=O)OC[C@H]1O[C@H](OC[C@H]2OC(OC(=Nc3ccccc3)C(F)(F)F)[C@H](OC(C)=O)[C@@H](OC(C)=O)[C@@H]2OC(C)=O)[C@H](OC(C)=O)[C@@H](OC(C)=O)[C@@H]1OC(C)=O. The smallest absolute Gasteiger partial charge is 0.463 e. The van der Waals surface area contributed by atoms with Crippen LogP contribution in [0.2, 0.25) is 0 Å².